The molecule has 7 nitrogen and oxygen atoms in total. The smallest absolute Gasteiger partial charge is 0.254 e. The third-order valence-corrected chi connectivity index (χ3v) is 5.45. The highest BCUT2D eigenvalue weighted by Crippen LogP contribution is 2.37. The zero-order chi connectivity index (χ0) is 20.5. The van der Waals surface area contributed by atoms with Crippen LogP contribution < -0.4 is 10.6 Å². The highest BCUT2D eigenvalue weighted by molar-refractivity contribution is 5.98. The number of nitrogens with zero attached hydrogens (tertiary/aromatic N) is 5. The fourth-order valence-corrected chi connectivity index (χ4v) is 3.96. The summed E-state index contributed by atoms with van der Waals surface area (Å²) in [6.45, 7) is 5.15. The number of nitrogens with two attached hydrogens (primary N) is 1. The third-order valence-electron chi connectivity index (χ3n) is 5.45. The predicted octanol–water partition coefficient (Wildman–Crippen LogP) is 3.29. The van der Waals surface area contributed by atoms with Gasteiger partial charge in [0.25, 0.3) is 5.91 Å². The number of fused-ring (bicyclic) bond motifs is 1. The molecule has 1 atom stereocenters. The van der Waals surface area contributed by atoms with E-state index < -0.39 is 5.91 Å². The van der Waals surface area contributed by atoms with Gasteiger partial charge in [0.15, 0.2) is 5.65 Å². The zero-order valence-corrected chi connectivity index (χ0v) is 16.7. The van der Waals surface area contributed by atoms with Gasteiger partial charge in [0, 0.05) is 18.4 Å². The minimum Gasteiger partial charge on any atom is -0.365 e. The van der Waals surface area contributed by atoms with Crippen LogP contribution in [0.3, 0.4) is 0 Å². The number of aryl methyl sites for hydroxylation is 1. The van der Waals surface area contributed by atoms with Gasteiger partial charge in [-0.15, -0.1) is 0 Å². The lowest BCUT2D eigenvalue weighted by Gasteiger charge is -2.27. The fourth-order valence-electron chi connectivity index (χ4n) is 3.96. The summed E-state index contributed by atoms with van der Waals surface area (Å²) < 4.78 is 15.6. The van der Waals surface area contributed by atoms with E-state index in [1.807, 2.05) is 6.07 Å². The second kappa shape index (κ2) is 7.77. The van der Waals surface area contributed by atoms with Gasteiger partial charge in [-0.05, 0) is 49.3 Å². The highest BCUT2D eigenvalue weighted by Gasteiger charge is 2.30. The molecule has 3 aromatic heterocycles. The number of pyridine rings is 1. The first-order valence-electron chi connectivity index (χ1n) is 9.99. The van der Waals surface area contributed by atoms with E-state index in [4.69, 9.17) is 5.73 Å². The summed E-state index contributed by atoms with van der Waals surface area (Å²) in [7, 11) is 0. The number of halogens is 1. The molecular weight excluding hydrogens is 371 g/mol. The van der Waals surface area contributed by atoms with Crippen molar-refractivity contribution in [2.75, 3.05) is 11.4 Å². The molecule has 2 N–H and O–H groups in total. The Bertz CT molecular complexity index is 1050. The first-order valence-corrected chi connectivity index (χ1v) is 9.99. The van der Waals surface area contributed by atoms with Gasteiger partial charge in [-0.2, -0.15) is 5.10 Å². The number of rotatable bonds is 6. The Labute approximate surface area is 168 Å². The van der Waals surface area contributed by atoms with Crippen LogP contribution >= 0.6 is 0 Å². The molecule has 4 rings (SSSR count). The summed E-state index contributed by atoms with van der Waals surface area (Å²) in [6.07, 6.45) is 8.18. The number of carbonyl (C=O) groups excluding carboxylic acids is 1. The van der Waals surface area contributed by atoms with Crippen molar-refractivity contribution in [1.29, 1.82) is 0 Å². The second-order valence-electron chi connectivity index (χ2n) is 7.95. The molecule has 0 spiro atoms. The molecule has 0 unspecified atom stereocenters. The predicted molar refractivity (Wildman–Crippen MR) is 108 cm³/mol. The molecule has 1 aliphatic heterocycles. The van der Waals surface area contributed by atoms with Gasteiger partial charge in [-0.25, -0.2) is 13.9 Å². The second-order valence-corrected chi connectivity index (χ2v) is 7.95. The quantitative estimate of drug-likeness (QED) is 0.691. The molecule has 1 amide bonds. The minimum atomic E-state index is -0.562. The highest BCUT2D eigenvalue weighted by atomic mass is 19.1. The lowest BCUT2D eigenvalue weighted by molar-refractivity contribution is 0.100. The Morgan fingerprint density at radius 3 is 2.97 bits per heavy atom. The number of primary amides is 1. The number of amides is 1. The Kier molecular flexibility index (Phi) is 5.17. The zero-order valence-electron chi connectivity index (χ0n) is 16.7. The largest absolute Gasteiger partial charge is 0.365 e. The number of hydrogen-bond donors (Lipinski definition) is 1. The van der Waals surface area contributed by atoms with Crippen LogP contribution in [0.4, 0.5) is 10.2 Å². The van der Waals surface area contributed by atoms with E-state index in [0.717, 1.165) is 49.3 Å². The molecule has 8 heteroatoms. The summed E-state index contributed by atoms with van der Waals surface area (Å²) in [4.78, 5) is 22.9. The third kappa shape index (κ3) is 3.79. The Hall–Kier alpha value is -3.03. The fraction of sp³-hybridized carbons (Fsp3) is 0.429. The van der Waals surface area contributed by atoms with Gasteiger partial charge >= 0.3 is 0 Å². The van der Waals surface area contributed by atoms with Gasteiger partial charge in [-0.1, -0.05) is 13.8 Å². The van der Waals surface area contributed by atoms with Crippen molar-refractivity contribution in [2.24, 2.45) is 11.7 Å². The number of anilines is 1. The minimum absolute atomic E-state index is 0.00439. The molecule has 0 bridgehead atoms. The van der Waals surface area contributed by atoms with Crippen LogP contribution in [0.1, 0.15) is 60.8 Å². The maximum atomic E-state index is 14.1. The standard InChI is InChI=1S/C21H25FN6O/c1-13(2)5-6-17-15(10-14(22)11-24-17)18-4-3-8-27(18)19-7-9-28-21(26-19)16(12-25-28)20(23)29/h7,9-13,18H,3-6,8H2,1-2H3,(H2,23,29)/t18-/m1/s1. The van der Waals surface area contributed by atoms with Crippen LogP contribution in [0.15, 0.2) is 30.7 Å². The normalized spacial score (nSPS) is 16.8. The van der Waals surface area contributed by atoms with Crippen molar-refractivity contribution in [3.63, 3.8) is 0 Å². The monoisotopic (exact) mass is 396 g/mol. The molecule has 0 aromatic carbocycles. The van der Waals surface area contributed by atoms with Crippen LogP contribution in [-0.2, 0) is 6.42 Å². The first kappa shape index (κ1) is 19.3. The summed E-state index contributed by atoms with van der Waals surface area (Å²) in [6, 6.07) is 3.47. The maximum absolute atomic E-state index is 14.1. The van der Waals surface area contributed by atoms with E-state index >= 15 is 0 Å². The average molecular weight is 396 g/mol. The van der Waals surface area contributed by atoms with Crippen molar-refractivity contribution in [1.82, 2.24) is 19.6 Å². The van der Waals surface area contributed by atoms with E-state index in [-0.39, 0.29) is 17.4 Å². The SMILES string of the molecule is CC(C)CCc1ncc(F)cc1[C@H]1CCCN1c1ccn2ncc(C(N)=O)c2n1. The van der Waals surface area contributed by atoms with E-state index in [9.17, 15) is 9.18 Å². The molecule has 4 heterocycles. The molecule has 0 saturated carbocycles. The molecule has 0 radical (unpaired) electrons. The topological polar surface area (TPSA) is 89.4 Å². The van der Waals surface area contributed by atoms with Crippen LogP contribution in [0.5, 0.6) is 0 Å². The summed E-state index contributed by atoms with van der Waals surface area (Å²) in [5.74, 6) is 0.387. The molecule has 1 saturated heterocycles. The molecular formula is C21H25FN6O. The van der Waals surface area contributed by atoms with E-state index in [1.165, 1.54) is 16.9 Å². The number of carbonyl (C=O) groups is 1. The summed E-state index contributed by atoms with van der Waals surface area (Å²) in [5, 5.41) is 4.13. The van der Waals surface area contributed by atoms with Crippen molar-refractivity contribution in [3.8, 4) is 0 Å². The summed E-state index contributed by atoms with van der Waals surface area (Å²) in [5.41, 5.74) is 8.03. The lowest BCUT2D eigenvalue weighted by atomic mass is 9.97. The van der Waals surface area contributed by atoms with Crippen molar-refractivity contribution in [2.45, 2.75) is 45.6 Å². The van der Waals surface area contributed by atoms with Crippen LogP contribution in [-0.4, -0.2) is 32.0 Å². The maximum Gasteiger partial charge on any atom is 0.254 e. The Balaban J connectivity index is 1.71. The Morgan fingerprint density at radius 1 is 1.38 bits per heavy atom. The lowest BCUT2D eigenvalue weighted by Crippen LogP contribution is -2.25. The van der Waals surface area contributed by atoms with Gasteiger partial charge in [0.1, 0.15) is 17.2 Å². The van der Waals surface area contributed by atoms with Gasteiger partial charge < -0.3 is 10.6 Å². The average Bonchev–Trinajstić information content (AvgIpc) is 3.33. The molecule has 152 valence electrons. The van der Waals surface area contributed by atoms with Gasteiger partial charge in [0.2, 0.25) is 0 Å². The molecule has 1 fully saturated rings. The summed E-state index contributed by atoms with van der Waals surface area (Å²) >= 11 is 0. The molecule has 0 aliphatic carbocycles. The van der Waals surface area contributed by atoms with E-state index in [0.29, 0.717) is 11.6 Å². The van der Waals surface area contributed by atoms with Crippen LogP contribution in [0, 0.1) is 11.7 Å². The van der Waals surface area contributed by atoms with Gasteiger partial charge in [0.05, 0.1) is 18.4 Å². The van der Waals surface area contributed by atoms with Crippen molar-refractivity contribution in [3.05, 3.63) is 53.4 Å². The van der Waals surface area contributed by atoms with Gasteiger partial charge in [-0.3, -0.25) is 9.78 Å². The van der Waals surface area contributed by atoms with Crippen LogP contribution in [0.25, 0.3) is 5.65 Å². The first-order chi connectivity index (χ1) is 13.9. The number of hydrogen-bond acceptors (Lipinski definition) is 5. The Morgan fingerprint density at radius 2 is 2.21 bits per heavy atom. The molecule has 3 aromatic rings. The molecule has 1 aliphatic rings. The van der Waals surface area contributed by atoms with E-state index in [2.05, 4.69) is 33.8 Å². The van der Waals surface area contributed by atoms with Crippen molar-refractivity contribution < 1.29 is 9.18 Å². The van der Waals surface area contributed by atoms with E-state index in [1.54, 1.807) is 12.3 Å². The number of aromatic nitrogens is 4. The van der Waals surface area contributed by atoms with Crippen LogP contribution in [0.2, 0.25) is 0 Å². The molecule has 29 heavy (non-hydrogen) atoms. The van der Waals surface area contributed by atoms with Crippen molar-refractivity contribution >= 4 is 17.4 Å².